The first-order valence-corrected chi connectivity index (χ1v) is 31.8. The summed E-state index contributed by atoms with van der Waals surface area (Å²) in [6.45, 7) is 4.73. The van der Waals surface area contributed by atoms with Crippen molar-refractivity contribution in [1.29, 1.82) is 0 Å². The highest BCUT2D eigenvalue weighted by molar-refractivity contribution is 7.47. The van der Waals surface area contributed by atoms with E-state index in [1.807, 2.05) is 27.2 Å². The summed E-state index contributed by atoms with van der Waals surface area (Å²) < 4.78 is 23.7. The fourth-order valence-corrected chi connectivity index (χ4v) is 9.45. The Morgan fingerprint density at radius 1 is 0.486 bits per heavy atom. The normalized spacial score (nSPS) is 14.4. The summed E-state index contributed by atoms with van der Waals surface area (Å²) in [6, 6.07) is -0.850. The average Bonchev–Trinajstić information content (AvgIpc) is 3.34. The van der Waals surface area contributed by atoms with E-state index in [0.717, 1.165) is 70.6 Å². The number of carbonyl (C=O) groups is 1. The second-order valence-corrected chi connectivity index (χ2v) is 23.2. The lowest BCUT2D eigenvalue weighted by molar-refractivity contribution is -0.870. The second kappa shape index (κ2) is 53.8. The zero-order valence-corrected chi connectivity index (χ0v) is 48.8. The first-order valence-electron chi connectivity index (χ1n) is 30.3. The van der Waals surface area contributed by atoms with E-state index < -0.39 is 20.0 Å². The molecule has 0 fully saturated rings. The molecule has 0 saturated heterocycles. The number of aliphatic hydroxyl groups excluding tert-OH is 1. The highest BCUT2D eigenvalue weighted by atomic mass is 31.2. The topological polar surface area (TPSA) is 105 Å². The molecule has 0 aromatic heterocycles. The molecule has 3 atom stereocenters. The number of aliphatic hydroxyl groups is 1. The molecule has 8 nitrogen and oxygen atoms in total. The molecule has 0 saturated carbocycles. The predicted molar refractivity (Wildman–Crippen MR) is 313 cm³/mol. The van der Waals surface area contributed by atoms with Crippen molar-refractivity contribution in [2.75, 3.05) is 40.9 Å². The van der Waals surface area contributed by atoms with Crippen LogP contribution < -0.4 is 5.32 Å². The number of hydrogen-bond acceptors (Lipinski definition) is 5. The van der Waals surface area contributed by atoms with Crippen LogP contribution in [-0.2, 0) is 18.4 Å². The quantitative estimate of drug-likeness (QED) is 0.0243. The SMILES string of the molecule is CC/C=C\C/C=C\C/C=C\C/C=C\C/C=C\CCCCCCCCCCCCCCCCCC(=O)NC(COP(=O)(O)OCC[N+](C)(C)C)C(O)/C=C/CCCCCCCCCCCCCCCCCCC. The number of carbonyl (C=O) groups excluding carboxylic acids is 1. The molecule has 0 aliphatic heterocycles. The van der Waals surface area contributed by atoms with Gasteiger partial charge in [0.1, 0.15) is 13.2 Å². The molecule has 3 N–H and O–H groups in total. The Morgan fingerprint density at radius 2 is 0.833 bits per heavy atom. The number of hydrogen-bond donors (Lipinski definition) is 3. The Labute approximate surface area is 446 Å². The van der Waals surface area contributed by atoms with Gasteiger partial charge in [0.15, 0.2) is 0 Å². The van der Waals surface area contributed by atoms with Crippen LogP contribution >= 0.6 is 7.82 Å². The molecule has 72 heavy (non-hydrogen) atoms. The van der Waals surface area contributed by atoms with Gasteiger partial charge < -0.3 is 19.8 Å². The molecule has 1 amide bonds. The van der Waals surface area contributed by atoms with E-state index in [0.29, 0.717) is 17.4 Å². The van der Waals surface area contributed by atoms with Crippen LogP contribution in [0.5, 0.6) is 0 Å². The number of quaternary nitrogens is 1. The van der Waals surface area contributed by atoms with Crippen LogP contribution in [0.25, 0.3) is 0 Å². The van der Waals surface area contributed by atoms with Crippen molar-refractivity contribution in [2.45, 2.75) is 283 Å². The summed E-state index contributed by atoms with van der Waals surface area (Å²) in [5.41, 5.74) is 0. The van der Waals surface area contributed by atoms with Crippen LogP contribution in [0.1, 0.15) is 271 Å². The first kappa shape index (κ1) is 69.9. The van der Waals surface area contributed by atoms with E-state index >= 15 is 0 Å². The minimum atomic E-state index is -4.35. The number of nitrogens with zero attached hydrogens (tertiary/aromatic N) is 1. The molecule has 0 radical (unpaired) electrons. The molecule has 0 aromatic carbocycles. The van der Waals surface area contributed by atoms with Crippen molar-refractivity contribution in [3.05, 3.63) is 72.9 Å². The Bertz CT molecular complexity index is 1400. The zero-order chi connectivity index (χ0) is 52.7. The fraction of sp³-hybridized carbons (Fsp3) is 0.794. The van der Waals surface area contributed by atoms with Crippen molar-refractivity contribution >= 4 is 13.7 Å². The third-order valence-electron chi connectivity index (χ3n) is 13.4. The summed E-state index contributed by atoms with van der Waals surface area (Å²) in [5.74, 6) is -0.177. The van der Waals surface area contributed by atoms with Crippen molar-refractivity contribution in [3.8, 4) is 0 Å². The van der Waals surface area contributed by atoms with Gasteiger partial charge in [0, 0.05) is 6.42 Å². The number of phosphoric ester groups is 1. The summed E-state index contributed by atoms with van der Waals surface area (Å²) >= 11 is 0. The van der Waals surface area contributed by atoms with E-state index in [-0.39, 0.29) is 19.1 Å². The van der Waals surface area contributed by atoms with Gasteiger partial charge in [0.2, 0.25) is 5.91 Å². The lowest BCUT2D eigenvalue weighted by atomic mass is 10.0. The van der Waals surface area contributed by atoms with E-state index in [1.54, 1.807) is 6.08 Å². The van der Waals surface area contributed by atoms with Gasteiger partial charge in [-0.3, -0.25) is 13.8 Å². The molecular formula is C63H118N2O6P+. The number of allylic oxidation sites excluding steroid dienone is 11. The summed E-state index contributed by atoms with van der Waals surface area (Å²) in [4.78, 5) is 23.3. The maximum atomic E-state index is 13.0. The van der Waals surface area contributed by atoms with Gasteiger partial charge in [0.25, 0.3) is 0 Å². The summed E-state index contributed by atoms with van der Waals surface area (Å²) in [7, 11) is 1.57. The fourth-order valence-electron chi connectivity index (χ4n) is 8.72. The molecule has 3 unspecified atom stereocenters. The molecule has 0 aliphatic carbocycles. The number of likely N-dealkylation sites (N-methyl/N-ethyl adjacent to an activating group) is 1. The van der Waals surface area contributed by atoms with Crippen molar-refractivity contribution < 1.29 is 32.9 Å². The summed E-state index contributed by atoms with van der Waals surface area (Å²) in [6.07, 6.45) is 74.3. The third kappa shape index (κ3) is 55.7. The van der Waals surface area contributed by atoms with Crippen LogP contribution in [0.2, 0.25) is 0 Å². The van der Waals surface area contributed by atoms with Crippen LogP contribution in [0.15, 0.2) is 72.9 Å². The molecule has 0 rings (SSSR count). The Balaban J connectivity index is 4.13. The number of unbranched alkanes of at least 4 members (excludes halogenated alkanes) is 32. The maximum absolute atomic E-state index is 13.0. The monoisotopic (exact) mass is 1030 g/mol. The minimum absolute atomic E-state index is 0.0603. The molecule has 9 heteroatoms. The lowest BCUT2D eigenvalue weighted by Crippen LogP contribution is -2.45. The minimum Gasteiger partial charge on any atom is -0.387 e. The summed E-state index contributed by atoms with van der Waals surface area (Å²) in [5, 5.41) is 14.0. The van der Waals surface area contributed by atoms with Gasteiger partial charge in [-0.25, -0.2) is 4.57 Å². The number of amides is 1. The predicted octanol–water partition coefficient (Wildman–Crippen LogP) is 18.7. The van der Waals surface area contributed by atoms with Crippen molar-refractivity contribution in [1.82, 2.24) is 5.32 Å². The molecule has 0 spiro atoms. The number of phosphoric acid groups is 1. The van der Waals surface area contributed by atoms with E-state index in [2.05, 4.69) is 79.9 Å². The molecule has 0 bridgehead atoms. The number of rotatable bonds is 55. The van der Waals surface area contributed by atoms with Gasteiger partial charge >= 0.3 is 7.82 Å². The Kier molecular flexibility index (Phi) is 52.2. The highest BCUT2D eigenvalue weighted by Gasteiger charge is 2.27. The smallest absolute Gasteiger partial charge is 0.387 e. The van der Waals surface area contributed by atoms with Gasteiger partial charge in [-0.1, -0.05) is 273 Å². The van der Waals surface area contributed by atoms with E-state index in [4.69, 9.17) is 9.05 Å². The molecule has 0 aromatic rings. The van der Waals surface area contributed by atoms with Crippen LogP contribution in [0.3, 0.4) is 0 Å². The van der Waals surface area contributed by atoms with Crippen LogP contribution in [0, 0.1) is 0 Å². The zero-order valence-electron chi connectivity index (χ0n) is 47.9. The Morgan fingerprint density at radius 3 is 1.22 bits per heavy atom. The second-order valence-electron chi connectivity index (χ2n) is 21.7. The van der Waals surface area contributed by atoms with Crippen LogP contribution in [0.4, 0.5) is 0 Å². The first-order chi connectivity index (χ1) is 35.0. The third-order valence-corrected chi connectivity index (χ3v) is 14.4. The van der Waals surface area contributed by atoms with Crippen molar-refractivity contribution in [3.63, 3.8) is 0 Å². The largest absolute Gasteiger partial charge is 0.472 e. The molecule has 420 valence electrons. The van der Waals surface area contributed by atoms with Crippen LogP contribution in [-0.4, -0.2) is 73.4 Å². The highest BCUT2D eigenvalue weighted by Crippen LogP contribution is 2.43. The number of nitrogens with one attached hydrogen (secondary N) is 1. The average molecular weight is 1030 g/mol. The van der Waals surface area contributed by atoms with E-state index in [9.17, 15) is 19.4 Å². The standard InChI is InChI=1S/C63H117N2O6P/c1-6-8-10-12-14-16-18-20-22-24-26-27-28-29-30-31-32-33-34-35-36-37-39-41-43-45-47-49-51-53-55-57-63(67)64-61(60-71-72(68,69)70-59-58-65(3,4)5)62(66)56-54-52-50-48-46-44-42-40-38-25-23-21-19-17-15-13-11-9-7-2/h8,10,14,16,20,22,26-27,29-30,54,56,61-62,66H,6-7,9,11-13,15,17-19,21,23-25,28,31-53,55,57-60H2,1-5H3,(H-,64,67,68,69)/p+1/b10-8-,16-14-,22-20-,27-26-,30-29-,56-54+. The van der Waals surface area contributed by atoms with Gasteiger partial charge in [-0.15, -0.1) is 0 Å². The van der Waals surface area contributed by atoms with Gasteiger partial charge in [-0.05, 0) is 64.2 Å². The molecule has 0 heterocycles. The molecule has 0 aliphatic rings. The lowest BCUT2D eigenvalue weighted by Gasteiger charge is -2.25. The van der Waals surface area contributed by atoms with Crippen molar-refractivity contribution in [2.24, 2.45) is 0 Å². The van der Waals surface area contributed by atoms with Gasteiger partial charge in [-0.2, -0.15) is 0 Å². The maximum Gasteiger partial charge on any atom is 0.472 e. The van der Waals surface area contributed by atoms with E-state index in [1.165, 1.54) is 180 Å². The Hall–Kier alpha value is -2.06. The van der Waals surface area contributed by atoms with Gasteiger partial charge in [0.05, 0.1) is 39.9 Å². The molecular weight excluding hydrogens is 912 g/mol.